The van der Waals surface area contributed by atoms with Crippen LogP contribution in [0.15, 0.2) is 54.6 Å². The zero-order valence-electron chi connectivity index (χ0n) is 16.2. The Balaban J connectivity index is 1.86. The number of para-hydroxylation sites is 1. The molecular weight excluding hydrogens is 358 g/mol. The second kappa shape index (κ2) is 10.1. The van der Waals surface area contributed by atoms with Crippen LogP contribution in [0.2, 0.25) is 0 Å². The van der Waals surface area contributed by atoms with Crippen LogP contribution in [0.4, 0.5) is 0 Å². The summed E-state index contributed by atoms with van der Waals surface area (Å²) in [5.74, 6) is -0.593. The Morgan fingerprint density at radius 1 is 0.929 bits per heavy atom. The van der Waals surface area contributed by atoms with Gasteiger partial charge >= 0.3 is 0 Å². The Morgan fingerprint density at radius 3 is 2.14 bits per heavy atom. The van der Waals surface area contributed by atoms with Crippen LogP contribution in [-0.2, 0) is 16.2 Å². The minimum Gasteiger partial charge on any atom is -0.489 e. The van der Waals surface area contributed by atoms with E-state index in [-0.39, 0.29) is 11.8 Å². The fraction of sp³-hybridized carbons (Fsp3) is 0.286. The molecule has 3 amide bonds. The fourth-order valence-electron chi connectivity index (χ4n) is 2.46. The zero-order valence-corrected chi connectivity index (χ0v) is 16.2. The quantitative estimate of drug-likeness (QED) is 0.639. The molecular formula is C21H25N3O4. The normalized spacial score (nSPS) is 11.4. The number of carbonyl (C=O) groups is 3. The molecule has 28 heavy (non-hydrogen) atoms. The molecule has 0 fully saturated rings. The monoisotopic (exact) mass is 383 g/mol. The second-order valence-corrected chi connectivity index (χ2v) is 6.66. The smallest absolute Gasteiger partial charge is 0.269 e. The predicted molar refractivity (Wildman–Crippen MR) is 105 cm³/mol. The van der Waals surface area contributed by atoms with Gasteiger partial charge < -0.3 is 10.1 Å². The van der Waals surface area contributed by atoms with Crippen LogP contribution >= 0.6 is 0 Å². The van der Waals surface area contributed by atoms with Crippen molar-refractivity contribution < 1.29 is 19.1 Å². The molecule has 2 aromatic carbocycles. The highest BCUT2D eigenvalue weighted by molar-refractivity contribution is 5.96. The first-order chi connectivity index (χ1) is 13.4. The van der Waals surface area contributed by atoms with Crippen molar-refractivity contribution in [2.45, 2.75) is 33.4 Å². The maximum atomic E-state index is 12.2. The Kier molecular flexibility index (Phi) is 7.56. The van der Waals surface area contributed by atoms with Gasteiger partial charge in [-0.2, -0.15) is 0 Å². The van der Waals surface area contributed by atoms with Crippen LogP contribution in [0.1, 0.15) is 36.7 Å². The van der Waals surface area contributed by atoms with E-state index in [4.69, 9.17) is 4.74 Å². The lowest BCUT2D eigenvalue weighted by Gasteiger charge is -2.21. The second-order valence-electron chi connectivity index (χ2n) is 6.66. The van der Waals surface area contributed by atoms with E-state index < -0.39 is 17.9 Å². The van der Waals surface area contributed by atoms with Crippen LogP contribution in [0.5, 0.6) is 5.75 Å². The van der Waals surface area contributed by atoms with E-state index in [1.165, 1.54) is 6.92 Å². The van der Waals surface area contributed by atoms with Crippen molar-refractivity contribution in [3.63, 3.8) is 0 Å². The van der Waals surface area contributed by atoms with E-state index in [1.54, 1.807) is 38.1 Å². The van der Waals surface area contributed by atoms with Crippen LogP contribution in [0, 0.1) is 5.92 Å². The van der Waals surface area contributed by atoms with Gasteiger partial charge in [-0.05, 0) is 35.7 Å². The van der Waals surface area contributed by atoms with Gasteiger partial charge in [-0.1, -0.05) is 44.2 Å². The standard InChI is InChI=1S/C21H25N3O4/c1-14(2)19(22-15(3)25)21(27)24-23-20(26)17-11-9-16(10-12-17)13-28-18-7-5-4-6-8-18/h4-12,14,19H,13H2,1-3H3,(H,22,25)(H,23,26)(H,24,27)/t19-/m0/s1. The van der Waals surface area contributed by atoms with E-state index in [0.29, 0.717) is 12.2 Å². The van der Waals surface area contributed by atoms with E-state index in [9.17, 15) is 14.4 Å². The lowest BCUT2D eigenvalue weighted by atomic mass is 10.0. The highest BCUT2D eigenvalue weighted by atomic mass is 16.5. The van der Waals surface area contributed by atoms with Crippen molar-refractivity contribution in [3.8, 4) is 5.75 Å². The summed E-state index contributed by atoms with van der Waals surface area (Å²) in [4.78, 5) is 35.6. The van der Waals surface area contributed by atoms with Crippen molar-refractivity contribution in [1.29, 1.82) is 0 Å². The molecule has 0 radical (unpaired) electrons. The summed E-state index contributed by atoms with van der Waals surface area (Å²) in [6, 6.07) is 15.6. The van der Waals surface area contributed by atoms with Crippen LogP contribution < -0.4 is 20.9 Å². The molecule has 0 saturated heterocycles. The molecule has 0 saturated carbocycles. The molecule has 1 atom stereocenters. The van der Waals surface area contributed by atoms with E-state index >= 15 is 0 Å². The van der Waals surface area contributed by atoms with Crippen LogP contribution in [0.3, 0.4) is 0 Å². The summed E-state index contributed by atoms with van der Waals surface area (Å²) in [6.07, 6.45) is 0. The number of rotatable bonds is 7. The molecule has 0 aliphatic heterocycles. The fourth-order valence-corrected chi connectivity index (χ4v) is 2.46. The molecule has 0 unspecified atom stereocenters. The van der Waals surface area contributed by atoms with Crippen LogP contribution in [0.25, 0.3) is 0 Å². The Bertz CT molecular complexity index is 804. The molecule has 7 nitrogen and oxygen atoms in total. The molecule has 2 rings (SSSR count). The first-order valence-electron chi connectivity index (χ1n) is 9.01. The Hall–Kier alpha value is -3.35. The molecule has 148 valence electrons. The van der Waals surface area contributed by atoms with Gasteiger partial charge in [0.15, 0.2) is 0 Å². The van der Waals surface area contributed by atoms with Crippen molar-refractivity contribution in [2.24, 2.45) is 5.92 Å². The van der Waals surface area contributed by atoms with Crippen LogP contribution in [-0.4, -0.2) is 23.8 Å². The van der Waals surface area contributed by atoms with Gasteiger partial charge in [0, 0.05) is 12.5 Å². The molecule has 3 N–H and O–H groups in total. The topological polar surface area (TPSA) is 96.5 Å². The van der Waals surface area contributed by atoms with Crippen molar-refractivity contribution in [2.75, 3.05) is 0 Å². The number of hydrazine groups is 1. The largest absolute Gasteiger partial charge is 0.489 e. The number of hydrogen-bond donors (Lipinski definition) is 3. The molecule has 0 heterocycles. The summed E-state index contributed by atoms with van der Waals surface area (Å²) in [5, 5.41) is 2.56. The minimum absolute atomic E-state index is 0.121. The third kappa shape index (κ3) is 6.42. The number of benzene rings is 2. The van der Waals surface area contributed by atoms with E-state index in [0.717, 1.165) is 11.3 Å². The van der Waals surface area contributed by atoms with E-state index in [2.05, 4.69) is 16.2 Å². The molecule has 2 aromatic rings. The lowest BCUT2D eigenvalue weighted by Crippen LogP contribution is -2.54. The van der Waals surface area contributed by atoms with Crippen molar-refractivity contribution in [1.82, 2.24) is 16.2 Å². The highest BCUT2D eigenvalue weighted by Gasteiger charge is 2.23. The van der Waals surface area contributed by atoms with Gasteiger partial charge in [-0.3, -0.25) is 25.2 Å². The third-order valence-electron chi connectivity index (χ3n) is 3.97. The molecule has 0 aromatic heterocycles. The average Bonchev–Trinajstić information content (AvgIpc) is 2.69. The van der Waals surface area contributed by atoms with Gasteiger partial charge in [0.05, 0.1) is 0 Å². The SMILES string of the molecule is CC(=O)N[C@H](C(=O)NNC(=O)c1ccc(COc2ccccc2)cc1)C(C)C. The van der Waals surface area contributed by atoms with Gasteiger partial charge in [-0.15, -0.1) is 0 Å². The number of hydrogen-bond acceptors (Lipinski definition) is 4. The molecule has 0 aliphatic carbocycles. The number of carbonyl (C=O) groups excluding carboxylic acids is 3. The third-order valence-corrected chi connectivity index (χ3v) is 3.97. The zero-order chi connectivity index (χ0) is 20.5. The summed E-state index contributed by atoms with van der Waals surface area (Å²) < 4.78 is 5.66. The van der Waals surface area contributed by atoms with Gasteiger partial charge in [0.2, 0.25) is 5.91 Å². The van der Waals surface area contributed by atoms with Crippen molar-refractivity contribution >= 4 is 17.7 Å². The molecule has 7 heteroatoms. The van der Waals surface area contributed by atoms with Gasteiger partial charge in [0.1, 0.15) is 18.4 Å². The summed E-state index contributed by atoms with van der Waals surface area (Å²) >= 11 is 0. The predicted octanol–water partition coefficient (Wildman–Crippen LogP) is 2.19. The minimum atomic E-state index is -0.727. The maximum absolute atomic E-state index is 12.2. The maximum Gasteiger partial charge on any atom is 0.269 e. The Labute approximate surface area is 164 Å². The lowest BCUT2D eigenvalue weighted by molar-refractivity contribution is -0.129. The summed E-state index contributed by atoms with van der Waals surface area (Å²) in [7, 11) is 0. The Morgan fingerprint density at radius 2 is 1.57 bits per heavy atom. The molecule has 0 aliphatic rings. The number of nitrogens with one attached hydrogen (secondary N) is 3. The van der Waals surface area contributed by atoms with E-state index in [1.807, 2.05) is 30.3 Å². The number of ether oxygens (including phenoxy) is 1. The summed E-state index contributed by atoms with van der Waals surface area (Å²) in [5.41, 5.74) is 6.02. The summed E-state index contributed by atoms with van der Waals surface area (Å²) in [6.45, 7) is 5.33. The highest BCUT2D eigenvalue weighted by Crippen LogP contribution is 2.12. The first kappa shape index (κ1) is 21.0. The average molecular weight is 383 g/mol. The van der Waals surface area contributed by atoms with Gasteiger partial charge in [-0.25, -0.2) is 0 Å². The van der Waals surface area contributed by atoms with Gasteiger partial charge in [0.25, 0.3) is 11.8 Å². The molecule has 0 bridgehead atoms. The van der Waals surface area contributed by atoms with Crippen molar-refractivity contribution in [3.05, 3.63) is 65.7 Å². The molecule has 0 spiro atoms. The number of amides is 3. The first-order valence-corrected chi connectivity index (χ1v) is 9.01.